The van der Waals surface area contributed by atoms with Gasteiger partial charge in [0.05, 0.1) is 12.0 Å². The van der Waals surface area contributed by atoms with Crippen LogP contribution in [0.5, 0.6) is 0 Å². The molecule has 0 radical (unpaired) electrons. The van der Waals surface area contributed by atoms with Crippen LogP contribution in [-0.2, 0) is 15.6 Å². The molecule has 6 nitrogen and oxygen atoms in total. The number of nitrogens with two attached hydrogens (primary N) is 1. The van der Waals surface area contributed by atoms with Gasteiger partial charge in [-0.05, 0) is 40.0 Å². The largest absolute Gasteiger partial charge is 0.369 e. The number of rotatable bonds is 7. The highest BCUT2D eigenvalue weighted by molar-refractivity contribution is 7.85. The molecular weight excluding hydrogens is 312 g/mol. The molecule has 0 spiro atoms. The highest BCUT2D eigenvalue weighted by atomic mass is 32.2. The van der Waals surface area contributed by atoms with Gasteiger partial charge in [-0.3, -0.25) is 14.0 Å². The summed E-state index contributed by atoms with van der Waals surface area (Å²) in [4.78, 5) is 15.9. The quantitative estimate of drug-likeness (QED) is 0.476. The Kier molecular flexibility index (Phi) is 8.02. The summed E-state index contributed by atoms with van der Waals surface area (Å²) in [6.45, 7) is 8.66. The summed E-state index contributed by atoms with van der Waals surface area (Å²) in [6.07, 6.45) is 4.09. The standard InChI is InChI=1S/C16H32N4O2S/c1-5-18-15(19-11-16(3,4)14(17)21)20-12-8-7-9-13(10-12)23(22)6-2/h12-13H,5-11H2,1-4H3,(H2,17,21)(H2,18,19,20). The molecule has 0 saturated heterocycles. The minimum absolute atomic E-state index is 0.274. The summed E-state index contributed by atoms with van der Waals surface area (Å²) in [5, 5.41) is 6.91. The zero-order valence-electron chi connectivity index (χ0n) is 14.9. The van der Waals surface area contributed by atoms with Crippen LogP contribution in [0.3, 0.4) is 0 Å². The van der Waals surface area contributed by atoms with E-state index in [1.165, 1.54) is 0 Å². The van der Waals surface area contributed by atoms with E-state index in [4.69, 9.17) is 5.73 Å². The lowest BCUT2D eigenvalue weighted by Gasteiger charge is -2.30. The van der Waals surface area contributed by atoms with Crippen LogP contribution >= 0.6 is 0 Å². The third-order valence-corrected chi connectivity index (χ3v) is 6.01. The molecule has 3 unspecified atom stereocenters. The molecule has 1 saturated carbocycles. The first-order valence-electron chi connectivity index (χ1n) is 8.52. The number of hydrogen-bond donors (Lipinski definition) is 3. The van der Waals surface area contributed by atoms with Gasteiger partial charge >= 0.3 is 0 Å². The molecular formula is C16H32N4O2S. The molecule has 0 heterocycles. The first kappa shape index (κ1) is 19.9. The lowest BCUT2D eigenvalue weighted by atomic mass is 9.93. The second kappa shape index (κ2) is 9.25. The number of hydrogen-bond acceptors (Lipinski definition) is 3. The number of amides is 1. The van der Waals surface area contributed by atoms with E-state index in [1.807, 2.05) is 13.8 Å². The molecule has 1 fully saturated rings. The summed E-state index contributed by atoms with van der Waals surface area (Å²) in [7, 11) is -0.738. The average molecular weight is 345 g/mol. The van der Waals surface area contributed by atoms with Gasteiger partial charge in [0.15, 0.2) is 5.96 Å². The molecule has 134 valence electrons. The van der Waals surface area contributed by atoms with Gasteiger partial charge in [0, 0.05) is 34.4 Å². The molecule has 1 aliphatic rings. The minimum atomic E-state index is -0.738. The Morgan fingerprint density at radius 2 is 2.04 bits per heavy atom. The Balaban J connectivity index is 2.68. The van der Waals surface area contributed by atoms with Crippen molar-refractivity contribution in [1.29, 1.82) is 0 Å². The van der Waals surface area contributed by atoms with Crippen LogP contribution in [0, 0.1) is 5.41 Å². The third-order valence-electron chi connectivity index (χ3n) is 4.27. The van der Waals surface area contributed by atoms with Crippen LogP contribution in [0.2, 0.25) is 0 Å². The average Bonchev–Trinajstić information content (AvgIpc) is 2.52. The van der Waals surface area contributed by atoms with E-state index in [2.05, 4.69) is 15.6 Å². The van der Waals surface area contributed by atoms with Crippen LogP contribution in [0.1, 0.15) is 53.4 Å². The zero-order chi connectivity index (χ0) is 17.5. The van der Waals surface area contributed by atoms with E-state index in [-0.39, 0.29) is 17.2 Å². The number of carbonyl (C=O) groups is 1. The molecule has 1 amide bonds. The van der Waals surface area contributed by atoms with E-state index < -0.39 is 16.2 Å². The summed E-state index contributed by atoms with van der Waals surface area (Å²) in [5.74, 6) is 1.07. The van der Waals surface area contributed by atoms with Gasteiger partial charge < -0.3 is 16.4 Å². The Hall–Kier alpha value is -1.11. The molecule has 0 bridgehead atoms. The van der Waals surface area contributed by atoms with Crippen molar-refractivity contribution in [1.82, 2.24) is 10.6 Å². The van der Waals surface area contributed by atoms with Gasteiger partial charge in [-0.1, -0.05) is 13.3 Å². The fourth-order valence-corrected chi connectivity index (χ4v) is 3.97. The van der Waals surface area contributed by atoms with E-state index in [0.29, 0.717) is 12.5 Å². The van der Waals surface area contributed by atoms with Crippen molar-refractivity contribution in [2.24, 2.45) is 16.1 Å². The molecule has 0 aromatic carbocycles. The predicted octanol–water partition coefficient (Wildman–Crippen LogP) is 1.13. The van der Waals surface area contributed by atoms with Crippen molar-refractivity contribution in [2.75, 3.05) is 18.8 Å². The van der Waals surface area contributed by atoms with Crippen molar-refractivity contribution < 1.29 is 9.00 Å². The molecule has 0 aliphatic heterocycles. The van der Waals surface area contributed by atoms with Gasteiger partial charge in [-0.25, -0.2) is 0 Å². The lowest BCUT2D eigenvalue weighted by molar-refractivity contribution is -0.125. The number of guanidine groups is 1. The second-order valence-electron chi connectivity index (χ2n) is 6.74. The fourth-order valence-electron chi connectivity index (χ4n) is 2.62. The third kappa shape index (κ3) is 6.49. The normalized spacial score (nSPS) is 24.1. The summed E-state index contributed by atoms with van der Waals surface area (Å²) in [5.41, 5.74) is 4.73. The zero-order valence-corrected chi connectivity index (χ0v) is 15.7. The SMILES string of the molecule is CCNC(=NCC(C)(C)C(N)=O)NC1CCCC(S(=O)CC)C1. The molecule has 0 aromatic rings. The van der Waals surface area contributed by atoms with Gasteiger partial charge in [0.1, 0.15) is 0 Å². The molecule has 1 aliphatic carbocycles. The highest BCUT2D eigenvalue weighted by Crippen LogP contribution is 2.23. The van der Waals surface area contributed by atoms with E-state index in [0.717, 1.165) is 38.0 Å². The Labute approximate surface area is 142 Å². The monoisotopic (exact) mass is 344 g/mol. The van der Waals surface area contributed by atoms with Gasteiger partial charge in [0.25, 0.3) is 0 Å². The predicted molar refractivity (Wildman–Crippen MR) is 96.8 cm³/mol. The summed E-state index contributed by atoms with van der Waals surface area (Å²) >= 11 is 0. The lowest BCUT2D eigenvalue weighted by Crippen LogP contribution is -2.47. The molecule has 1 rings (SSSR count). The highest BCUT2D eigenvalue weighted by Gasteiger charge is 2.27. The van der Waals surface area contributed by atoms with Gasteiger partial charge in [-0.15, -0.1) is 0 Å². The van der Waals surface area contributed by atoms with Gasteiger partial charge in [-0.2, -0.15) is 0 Å². The number of nitrogens with zero attached hydrogens (tertiary/aromatic N) is 1. The summed E-state index contributed by atoms with van der Waals surface area (Å²) < 4.78 is 12.0. The first-order chi connectivity index (χ1) is 10.8. The molecule has 3 atom stereocenters. The number of carbonyl (C=O) groups excluding carboxylic acids is 1. The Morgan fingerprint density at radius 1 is 1.35 bits per heavy atom. The van der Waals surface area contributed by atoms with Crippen molar-refractivity contribution in [3.63, 3.8) is 0 Å². The van der Waals surface area contributed by atoms with Crippen LogP contribution in [0.4, 0.5) is 0 Å². The molecule has 4 N–H and O–H groups in total. The van der Waals surface area contributed by atoms with E-state index in [9.17, 15) is 9.00 Å². The minimum Gasteiger partial charge on any atom is -0.369 e. The number of nitrogens with one attached hydrogen (secondary N) is 2. The molecule has 7 heteroatoms. The maximum atomic E-state index is 12.0. The number of aliphatic imine (C=N–C) groups is 1. The van der Waals surface area contributed by atoms with Crippen LogP contribution in [0.25, 0.3) is 0 Å². The van der Waals surface area contributed by atoms with Gasteiger partial charge in [0.2, 0.25) is 5.91 Å². The summed E-state index contributed by atoms with van der Waals surface area (Å²) in [6, 6.07) is 0.277. The van der Waals surface area contributed by atoms with Crippen molar-refractivity contribution in [2.45, 2.75) is 64.7 Å². The smallest absolute Gasteiger partial charge is 0.224 e. The Bertz CT molecular complexity index is 451. The van der Waals surface area contributed by atoms with Crippen molar-refractivity contribution >= 4 is 22.7 Å². The van der Waals surface area contributed by atoms with Crippen molar-refractivity contribution in [3.8, 4) is 0 Å². The van der Waals surface area contributed by atoms with Crippen LogP contribution < -0.4 is 16.4 Å². The second-order valence-corrected chi connectivity index (χ2v) is 8.75. The first-order valence-corrected chi connectivity index (χ1v) is 9.90. The maximum Gasteiger partial charge on any atom is 0.224 e. The topological polar surface area (TPSA) is 96.6 Å². The van der Waals surface area contributed by atoms with Crippen LogP contribution in [0.15, 0.2) is 4.99 Å². The van der Waals surface area contributed by atoms with Crippen LogP contribution in [-0.4, -0.2) is 46.2 Å². The molecule has 23 heavy (non-hydrogen) atoms. The van der Waals surface area contributed by atoms with E-state index >= 15 is 0 Å². The maximum absolute atomic E-state index is 12.0. The fraction of sp³-hybridized carbons (Fsp3) is 0.875. The molecule has 0 aromatic heterocycles. The Morgan fingerprint density at radius 3 is 2.61 bits per heavy atom. The van der Waals surface area contributed by atoms with Crippen molar-refractivity contribution in [3.05, 3.63) is 0 Å². The number of primary amides is 1. The van der Waals surface area contributed by atoms with E-state index in [1.54, 1.807) is 13.8 Å².